The number of nitrogen functional groups attached to an aromatic ring is 1. The monoisotopic (exact) mass is 215 g/mol. The van der Waals surface area contributed by atoms with Crippen molar-refractivity contribution in [3.05, 3.63) is 41.8 Å². The zero-order valence-corrected chi connectivity index (χ0v) is 8.74. The molecular weight excluding hydrogens is 206 g/mol. The number of fused-ring (bicyclic) bond motifs is 1. The molecule has 2 aromatic heterocycles. The molecule has 0 aliphatic rings. The summed E-state index contributed by atoms with van der Waals surface area (Å²) < 4.78 is 1.88. The van der Waals surface area contributed by atoms with Crippen molar-refractivity contribution >= 4 is 22.0 Å². The fraction of sp³-hybridized carbons (Fsp3) is 0. The Bertz CT molecular complexity index is 595. The second-order valence-corrected chi connectivity index (χ2v) is 4.20. The molecule has 74 valence electrons. The molecule has 2 heterocycles. The summed E-state index contributed by atoms with van der Waals surface area (Å²) in [6, 6.07) is 12.1. The van der Waals surface area contributed by atoms with Crippen LogP contribution in [0, 0.1) is 0 Å². The molecular formula is C11H9N3S. The highest BCUT2D eigenvalue weighted by Gasteiger charge is 2.07. The summed E-state index contributed by atoms with van der Waals surface area (Å²) in [4.78, 5) is 1.08. The molecule has 4 heteroatoms. The third-order valence-electron chi connectivity index (χ3n) is 2.28. The van der Waals surface area contributed by atoms with E-state index in [2.05, 4.69) is 22.6 Å². The van der Waals surface area contributed by atoms with Crippen LogP contribution < -0.4 is 5.73 Å². The van der Waals surface area contributed by atoms with Crippen LogP contribution in [-0.2, 0) is 0 Å². The predicted molar refractivity (Wildman–Crippen MR) is 62.9 cm³/mol. The molecule has 0 saturated heterocycles. The summed E-state index contributed by atoms with van der Waals surface area (Å²) in [5.74, 6) is 0.569. The van der Waals surface area contributed by atoms with Gasteiger partial charge in [0, 0.05) is 17.0 Å². The highest BCUT2D eigenvalue weighted by molar-refractivity contribution is 7.16. The van der Waals surface area contributed by atoms with Crippen molar-refractivity contribution in [3.8, 4) is 11.3 Å². The highest BCUT2D eigenvalue weighted by atomic mass is 32.1. The maximum absolute atomic E-state index is 5.66. The first-order valence-corrected chi connectivity index (χ1v) is 5.51. The minimum absolute atomic E-state index is 0.569. The van der Waals surface area contributed by atoms with Crippen LogP contribution in [0.4, 0.5) is 5.82 Å². The molecule has 3 aromatic rings. The lowest BCUT2D eigenvalue weighted by Gasteiger charge is -1.97. The Morgan fingerprint density at radius 2 is 2.00 bits per heavy atom. The van der Waals surface area contributed by atoms with E-state index in [1.165, 1.54) is 0 Å². The molecule has 0 radical (unpaired) electrons. The van der Waals surface area contributed by atoms with Crippen LogP contribution in [0.5, 0.6) is 0 Å². The number of anilines is 1. The third-order valence-corrected chi connectivity index (χ3v) is 3.16. The Morgan fingerprint density at radius 1 is 1.20 bits per heavy atom. The van der Waals surface area contributed by atoms with E-state index in [-0.39, 0.29) is 0 Å². The quantitative estimate of drug-likeness (QED) is 0.678. The molecule has 0 aliphatic heterocycles. The van der Waals surface area contributed by atoms with E-state index in [1.807, 2.05) is 28.8 Å². The molecule has 3 rings (SSSR count). The van der Waals surface area contributed by atoms with Crippen LogP contribution in [0.15, 0.2) is 41.8 Å². The summed E-state index contributed by atoms with van der Waals surface area (Å²) in [7, 11) is 0. The van der Waals surface area contributed by atoms with Crippen LogP contribution in [0.3, 0.4) is 0 Å². The van der Waals surface area contributed by atoms with Gasteiger partial charge in [0.05, 0.1) is 5.69 Å². The van der Waals surface area contributed by atoms with Gasteiger partial charge < -0.3 is 5.73 Å². The lowest BCUT2D eigenvalue weighted by atomic mass is 10.2. The van der Waals surface area contributed by atoms with Gasteiger partial charge in [0.25, 0.3) is 0 Å². The van der Waals surface area contributed by atoms with Crippen LogP contribution in [0.25, 0.3) is 16.1 Å². The molecule has 1 aromatic carbocycles. The van der Waals surface area contributed by atoms with Crippen molar-refractivity contribution in [1.29, 1.82) is 0 Å². The van der Waals surface area contributed by atoms with Gasteiger partial charge in [0.15, 0.2) is 0 Å². The van der Waals surface area contributed by atoms with E-state index in [1.54, 1.807) is 11.3 Å². The van der Waals surface area contributed by atoms with Crippen molar-refractivity contribution in [2.24, 2.45) is 0 Å². The van der Waals surface area contributed by atoms with Gasteiger partial charge in [0.1, 0.15) is 10.6 Å². The normalized spacial score (nSPS) is 10.9. The molecule has 0 amide bonds. The number of aromatic nitrogens is 2. The SMILES string of the molecule is Nc1cc2scc(-c3ccccc3)n2n1. The zero-order chi connectivity index (χ0) is 10.3. The lowest BCUT2D eigenvalue weighted by Crippen LogP contribution is -1.90. The second-order valence-electron chi connectivity index (χ2n) is 3.31. The van der Waals surface area contributed by atoms with Crippen molar-refractivity contribution in [1.82, 2.24) is 9.61 Å². The van der Waals surface area contributed by atoms with E-state index < -0.39 is 0 Å². The van der Waals surface area contributed by atoms with Crippen molar-refractivity contribution in [2.45, 2.75) is 0 Å². The van der Waals surface area contributed by atoms with E-state index in [0.29, 0.717) is 5.82 Å². The first kappa shape index (κ1) is 8.49. The summed E-state index contributed by atoms with van der Waals surface area (Å²) in [5.41, 5.74) is 7.91. The Hall–Kier alpha value is -1.81. The van der Waals surface area contributed by atoms with Gasteiger partial charge in [0.2, 0.25) is 0 Å². The molecule has 0 fully saturated rings. The topological polar surface area (TPSA) is 43.3 Å². The van der Waals surface area contributed by atoms with E-state index >= 15 is 0 Å². The van der Waals surface area contributed by atoms with Crippen LogP contribution in [-0.4, -0.2) is 9.61 Å². The van der Waals surface area contributed by atoms with Crippen molar-refractivity contribution < 1.29 is 0 Å². The van der Waals surface area contributed by atoms with E-state index in [9.17, 15) is 0 Å². The first-order chi connectivity index (χ1) is 7.34. The van der Waals surface area contributed by atoms with Crippen molar-refractivity contribution in [3.63, 3.8) is 0 Å². The zero-order valence-electron chi connectivity index (χ0n) is 7.92. The van der Waals surface area contributed by atoms with E-state index in [4.69, 9.17) is 5.73 Å². The molecule has 15 heavy (non-hydrogen) atoms. The van der Waals surface area contributed by atoms with Gasteiger partial charge in [-0.15, -0.1) is 16.4 Å². The number of thiazole rings is 1. The van der Waals surface area contributed by atoms with Gasteiger partial charge in [-0.25, -0.2) is 4.52 Å². The van der Waals surface area contributed by atoms with Gasteiger partial charge in [-0.1, -0.05) is 30.3 Å². The molecule has 0 saturated carbocycles. The number of hydrogen-bond acceptors (Lipinski definition) is 3. The number of nitrogens with zero attached hydrogens (tertiary/aromatic N) is 2. The van der Waals surface area contributed by atoms with Crippen molar-refractivity contribution in [2.75, 3.05) is 5.73 Å². The van der Waals surface area contributed by atoms with Gasteiger partial charge in [-0.2, -0.15) is 0 Å². The minimum Gasteiger partial charge on any atom is -0.382 e. The molecule has 0 bridgehead atoms. The Balaban J connectivity index is 2.27. The van der Waals surface area contributed by atoms with Crippen LogP contribution >= 0.6 is 11.3 Å². The summed E-state index contributed by atoms with van der Waals surface area (Å²) >= 11 is 1.65. The summed E-state index contributed by atoms with van der Waals surface area (Å²) in [6.07, 6.45) is 0. The maximum atomic E-state index is 5.66. The van der Waals surface area contributed by atoms with Crippen LogP contribution in [0.1, 0.15) is 0 Å². The Morgan fingerprint density at radius 3 is 2.80 bits per heavy atom. The third kappa shape index (κ3) is 1.30. The smallest absolute Gasteiger partial charge is 0.147 e. The molecule has 3 nitrogen and oxygen atoms in total. The number of benzene rings is 1. The molecule has 0 unspecified atom stereocenters. The highest BCUT2D eigenvalue weighted by Crippen LogP contribution is 2.26. The first-order valence-electron chi connectivity index (χ1n) is 4.63. The molecule has 0 aliphatic carbocycles. The van der Waals surface area contributed by atoms with Crippen LogP contribution in [0.2, 0.25) is 0 Å². The molecule has 2 N–H and O–H groups in total. The average molecular weight is 215 g/mol. The maximum Gasteiger partial charge on any atom is 0.147 e. The fourth-order valence-corrected chi connectivity index (χ4v) is 2.50. The Kier molecular flexibility index (Phi) is 1.76. The fourth-order valence-electron chi connectivity index (χ4n) is 1.60. The summed E-state index contributed by atoms with van der Waals surface area (Å²) in [6.45, 7) is 0. The minimum atomic E-state index is 0.569. The predicted octanol–water partition coefficient (Wildman–Crippen LogP) is 2.65. The molecule has 0 atom stereocenters. The number of nitrogens with two attached hydrogens (primary N) is 1. The van der Waals surface area contributed by atoms with Gasteiger partial charge in [-0.3, -0.25) is 0 Å². The standard InChI is InChI=1S/C11H9N3S/c12-10-6-11-14(13-10)9(7-15-11)8-4-2-1-3-5-8/h1-7H,(H2,12,13). The summed E-state index contributed by atoms with van der Waals surface area (Å²) in [5, 5.41) is 6.35. The van der Waals surface area contributed by atoms with Gasteiger partial charge >= 0.3 is 0 Å². The number of rotatable bonds is 1. The average Bonchev–Trinajstić information content (AvgIpc) is 2.77. The Labute approximate surface area is 90.8 Å². The van der Waals surface area contributed by atoms with E-state index in [0.717, 1.165) is 16.1 Å². The molecule has 0 spiro atoms. The number of hydrogen-bond donors (Lipinski definition) is 1. The van der Waals surface area contributed by atoms with Gasteiger partial charge in [-0.05, 0) is 0 Å². The second kappa shape index (κ2) is 3.10. The largest absolute Gasteiger partial charge is 0.382 e. The lowest BCUT2D eigenvalue weighted by molar-refractivity contribution is 0.993.